The molecule has 88 heavy (non-hydrogen) atoms. The number of carbonyl (C=O) groups excluding carboxylic acids is 2. The third-order valence-electron chi connectivity index (χ3n) is 15.8. The molecule has 0 aliphatic rings. The lowest BCUT2D eigenvalue weighted by molar-refractivity contribution is -0.870. The lowest BCUT2D eigenvalue weighted by atomic mass is 10.0. The van der Waals surface area contributed by atoms with Gasteiger partial charge in [0.05, 0.1) is 27.7 Å². The summed E-state index contributed by atoms with van der Waals surface area (Å²) in [5.74, 6) is -0.804. The standard InChI is InChI=1S/C78H138NO8P/c1-6-8-10-12-14-16-18-20-22-24-26-28-30-32-34-36-37-38-39-40-41-43-44-46-48-50-52-54-56-58-60-62-64-66-68-70-77(80)84-74-76(75-86-88(82,83)85-73-72-79(3,4)5)87-78(81)71-69-67-65-63-61-59-57-55-53-51-49-47-45-42-35-33-31-29-27-25-23-21-19-17-15-13-11-9-7-2/h9,11,15,17-18,20-21,23-24,26-27,29,33,35,45,47,51,53,76H,6-8,10,12-14,16,19,22,25,28,30-32,34,36-44,46,48-50,52,54-75H2,1-5H3/p+1/b11-9-,17-15-,20-18-,23-21-,26-24-,29-27-,35-33-,47-45-,53-51-. The van der Waals surface area contributed by atoms with E-state index in [1.54, 1.807) is 0 Å². The maximum absolute atomic E-state index is 12.9. The van der Waals surface area contributed by atoms with Crippen LogP contribution in [0.5, 0.6) is 0 Å². The maximum atomic E-state index is 12.9. The van der Waals surface area contributed by atoms with Crippen molar-refractivity contribution in [2.45, 2.75) is 328 Å². The predicted octanol–water partition coefficient (Wildman–Crippen LogP) is 24.1. The summed E-state index contributed by atoms with van der Waals surface area (Å²) in [5, 5.41) is 0. The second kappa shape index (κ2) is 68.0. The Kier molecular flexibility index (Phi) is 65.5. The van der Waals surface area contributed by atoms with Gasteiger partial charge in [-0.05, 0) is 103 Å². The fourth-order valence-corrected chi connectivity index (χ4v) is 10.9. The molecular weight excluding hydrogens is 1110 g/mol. The lowest BCUT2D eigenvalue weighted by Gasteiger charge is -2.24. The Morgan fingerprint density at radius 3 is 0.966 bits per heavy atom. The van der Waals surface area contributed by atoms with E-state index in [4.69, 9.17) is 18.5 Å². The predicted molar refractivity (Wildman–Crippen MR) is 381 cm³/mol. The monoisotopic (exact) mass is 1250 g/mol. The summed E-state index contributed by atoms with van der Waals surface area (Å²) in [6.45, 7) is 4.32. The number of hydrogen-bond donors (Lipinski definition) is 1. The summed E-state index contributed by atoms with van der Waals surface area (Å²) in [4.78, 5) is 35.9. The molecule has 0 bridgehead atoms. The molecule has 0 saturated carbocycles. The van der Waals surface area contributed by atoms with E-state index in [9.17, 15) is 19.0 Å². The molecule has 0 rings (SSSR count). The van der Waals surface area contributed by atoms with Gasteiger partial charge in [-0.1, -0.05) is 316 Å². The highest BCUT2D eigenvalue weighted by molar-refractivity contribution is 7.47. The van der Waals surface area contributed by atoms with Crippen LogP contribution in [-0.4, -0.2) is 74.9 Å². The second-order valence-electron chi connectivity index (χ2n) is 25.6. The Labute approximate surface area is 544 Å². The number of likely N-dealkylation sites (N-methyl/N-ethyl adjacent to an activating group) is 1. The molecule has 508 valence electrons. The summed E-state index contributed by atoms with van der Waals surface area (Å²) < 4.78 is 34.7. The van der Waals surface area contributed by atoms with Crippen molar-refractivity contribution in [2.24, 2.45) is 0 Å². The number of allylic oxidation sites excluding steroid dienone is 18. The van der Waals surface area contributed by atoms with Gasteiger partial charge in [0.25, 0.3) is 0 Å². The van der Waals surface area contributed by atoms with Crippen LogP contribution in [-0.2, 0) is 32.7 Å². The number of ether oxygens (including phenoxy) is 2. The van der Waals surface area contributed by atoms with E-state index in [1.807, 2.05) is 21.1 Å². The number of phosphoric ester groups is 1. The average Bonchev–Trinajstić information content (AvgIpc) is 3.68. The molecule has 0 aliphatic heterocycles. The zero-order valence-corrected chi connectivity index (χ0v) is 58.8. The Balaban J connectivity index is 4.03. The number of rotatable bonds is 67. The highest BCUT2D eigenvalue weighted by atomic mass is 31.2. The smallest absolute Gasteiger partial charge is 0.462 e. The molecule has 0 aromatic rings. The minimum absolute atomic E-state index is 0.0256. The number of nitrogens with zero attached hydrogens (tertiary/aromatic N) is 1. The highest BCUT2D eigenvalue weighted by Crippen LogP contribution is 2.43. The van der Waals surface area contributed by atoms with Gasteiger partial charge in [-0.25, -0.2) is 4.57 Å². The molecule has 0 heterocycles. The number of esters is 2. The van der Waals surface area contributed by atoms with Gasteiger partial charge < -0.3 is 18.9 Å². The fourth-order valence-electron chi connectivity index (χ4n) is 10.2. The minimum atomic E-state index is -4.40. The average molecular weight is 1250 g/mol. The van der Waals surface area contributed by atoms with Gasteiger partial charge in [-0.15, -0.1) is 0 Å². The fraction of sp³-hybridized carbons (Fsp3) is 0.744. The van der Waals surface area contributed by atoms with Crippen molar-refractivity contribution in [3.8, 4) is 0 Å². The van der Waals surface area contributed by atoms with E-state index in [2.05, 4.69) is 123 Å². The van der Waals surface area contributed by atoms with E-state index >= 15 is 0 Å². The normalized spacial score (nSPS) is 13.8. The van der Waals surface area contributed by atoms with Crippen LogP contribution in [0.3, 0.4) is 0 Å². The molecule has 0 amide bonds. The van der Waals surface area contributed by atoms with Crippen molar-refractivity contribution in [1.82, 2.24) is 0 Å². The zero-order valence-electron chi connectivity index (χ0n) is 57.9. The van der Waals surface area contributed by atoms with Gasteiger partial charge in [-0.3, -0.25) is 18.6 Å². The van der Waals surface area contributed by atoms with Crippen LogP contribution >= 0.6 is 7.82 Å². The van der Waals surface area contributed by atoms with Crippen molar-refractivity contribution in [3.05, 3.63) is 109 Å². The van der Waals surface area contributed by atoms with Gasteiger partial charge in [0.15, 0.2) is 6.10 Å². The molecule has 10 heteroatoms. The van der Waals surface area contributed by atoms with Crippen molar-refractivity contribution in [3.63, 3.8) is 0 Å². The Hall–Kier alpha value is -3.33. The van der Waals surface area contributed by atoms with Crippen molar-refractivity contribution < 1.29 is 42.1 Å². The van der Waals surface area contributed by atoms with Crippen LogP contribution in [0.2, 0.25) is 0 Å². The first kappa shape index (κ1) is 84.7. The molecule has 1 N–H and O–H groups in total. The third-order valence-corrected chi connectivity index (χ3v) is 16.8. The molecule has 0 aromatic carbocycles. The van der Waals surface area contributed by atoms with Crippen LogP contribution < -0.4 is 0 Å². The first-order chi connectivity index (χ1) is 43.0. The molecular formula is C78H139NO8P+. The molecule has 0 fully saturated rings. The van der Waals surface area contributed by atoms with Crippen molar-refractivity contribution >= 4 is 19.8 Å². The molecule has 2 unspecified atom stereocenters. The quantitative estimate of drug-likeness (QED) is 0.0211. The number of carbonyl (C=O) groups is 2. The summed E-state index contributed by atoms with van der Waals surface area (Å²) in [5.41, 5.74) is 0. The van der Waals surface area contributed by atoms with E-state index in [0.717, 1.165) is 96.3 Å². The summed E-state index contributed by atoms with van der Waals surface area (Å²) in [6.07, 6.45) is 96.3. The van der Waals surface area contributed by atoms with Crippen LogP contribution in [0, 0.1) is 0 Å². The summed E-state index contributed by atoms with van der Waals surface area (Å²) >= 11 is 0. The van der Waals surface area contributed by atoms with Crippen LogP contribution in [0.4, 0.5) is 0 Å². The summed E-state index contributed by atoms with van der Waals surface area (Å²) in [7, 11) is 1.47. The Morgan fingerprint density at radius 1 is 0.364 bits per heavy atom. The van der Waals surface area contributed by atoms with Gasteiger partial charge in [0.1, 0.15) is 19.8 Å². The molecule has 0 aromatic heterocycles. The Morgan fingerprint density at radius 2 is 0.648 bits per heavy atom. The van der Waals surface area contributed by atoms with Crippen molar-refractivity contribution in [2.75, 3.05) is 47.5 Å². The Bertz CT molecular complexity index is 1850. The third kappa shape index (κ3) is 71.7. The number of unbranched alkanes of at least 4 members (excludes halogenated alkanes) is 35. The van der Waals surface area contributed by atoms with E-state index < -0.39 is 26.5 Å². The van der Waals surface area contributed by atoms with E-state index in [1.165, 1.54) is 193 Å². The first-order valence-corrected chi connectivity index (χ1v) is 38.1. The molecule has 2 atom stereocenters. The maximum Gasteiger partial charge on any atom is 0.472 e. The number of hydrogen-bond acceptors (Lipinski definition) is 7. The van der Waals surface area contributed by atoms with Crippen LogP contribution in [0.1, 0.15) is 322 Å². The van der Waals surface area contributed by atoms with Crippen LogP contribution in [0.25, 0.3) is 0 Å². The van der Waals surface area contributed by atoms with E-state index in [-0.39, 0.29) is 32.0 Å². The lowest BCUT2D eigenvalue weighted by Crippen LogP contribution is -2.37. The zero-order chi connectivity index (χ0) is 64.1. The highest BCUT2D eigenvalue weighted by Gasteiger charge is 2.27. The summed E-state index contributed by atoms with van der Waals surface area (Å²) in [6, 6.07) is 0. The molecule has 0 saturated heterocycles. The van der Waals surface area contributed by atoms with E-state index in [0.29, 0.717) is 17.4 Å². The van der Waals surface area contributed by atoms with Crippen LogP contribution in [0.15, 0.2) is 109 Å². The number of phosphoric acid groups is 1. The minimum Gasteiger partial charge on any atom is -0.462 e. The molecule has 0 aliphatic carbocycles. The van der Waals surface area contributed by atoms with Gasteiger partial charge in [0, 0.05) is 12.8 Å². The van der Waals surface area contributed by atoms with Gasteiger partial charge in [0.2, 0.25) is 0 Å². The van der Waals surface area contributed by atoms with Crippen molar-refractivity contribution in [1.29, 1.82) is 0 Å². The molecule has 9 nitrogen and oxygen atoms in total. The topological polar surface area (TPSA) is 108 Å². The van der Waals surface area contributed by atoms with Gasteiger partial charge in [-0.2, -0.15) is 0 Å². The first-order valence-electron chi connectivity index (χ1n) is 36.6. The van der Waals surface area contributed by atoms with Gasteiger partial charge >= 0.3 is 19.8 Å². The largest absolute Gasteiger partial charge is 0.472 e. The SMILES string of the molecule is CC/C=C\C/C=C\C/C=C\C/C=C\C/C=C\C/C=C\C/C=C\CCCCCCCCCC(=O)OC(COC(=O)CCCCCCCCCCCCCCCCCCCCCCCCC/C=C\C/C=C\CCCCCCC)COP(=O)(O)OCC[N+](C)(C)C. The second-order valence-corrected chi connectivity index (χ2v) is 27.0. The molecule has 0 spiro atoms. The molecule has 0 radical (unpaired) electrons. The number of quaternary nitrogens is 1.